The zero-order valence-electron chi connectivity index (χ0n) is 20.1. The number of ether oxygens (including phenoxy) is 5. The minimum absolute atomic E-state index is 0.00190. The number of aliphatic carboxylic acids is 1. The Labute approximate surface area is 205 Å². The molecule has 0 aliphatic rings. The Balaban J connectivity index is 1.91. The Hall–Kier alpha value is -3.02. The second-order valence-corrected chi connectivity index (χ2v) is 7.28. The lowest BCUT2D eigenvalue weighted by molar-refractivity contribution is -0.151. The molecule has 11 nitrogen and oxygen atoms in total. The van der Waals surface area contributed by atoms with Gasteiger partial charge >= 0.3 is 17.9 Å². The van der Waals surface area contributed by atoms with Gasteiger partial charge in [-0.05, 0) is 30.7 Å². The monoisotopic (exact) mass is 497 g/mol. The van der Waals surface area contributed by atoms with Crippen LogP contribution in [-0.2, 0) is 38.1 Å². The van der Waals surface area contributed by atoms with Crippen LogP contribution in [0.15, 0.2) is 24.3 Å². The molecule has 0 unspecified atom stereocenters. The molecule has 0 heterocycles. The molecule has 1 rings (SSSR count). The van der Waals surface area contributed by atoms with Crippen molar-refractivity contribution in [2.75, 3.05) is 64.7 Å². The van der Waals surface area contributed by atoms with Gasteiger partial charge in [0.25, 0.3) is 0 Å². The molecule has 1 aromatic rings. The Morgan fingerprint density at radius 3 is 1.86 bits per heavy atom. The van der Waals surface area contributed by atoms with E-state index in [9.17, 15) is 19.2 Å². The van der Waals surface area contributed by atoms with Crippen LogP contribution < -0.4 is 5.32 Å². The van der Waals surface area contributed by atoms with E-state index < -0.39 is 30.1 Å². The van der Waals surface area contributed by atoms with Crippen LogP contribution in [0.25, 0.3) is 0 Å². The minimum atomic E-state index is -1.57. The van der Waals surface area contributed by atoms with E-state index in [2.05, 4.69) is 12.2 Å². The number of anilines is 1. The predicted octanol–water partition coefficient (Wildman–Crippen LogP) is 2.08. The SMILES string of the molecule is CCCCNc1ccc(C(=O)OCCOCCOCCOCCOC(=O)CCC(=O)C(=O)O)cc1. The Morgan fingerprint density at radius 1 is 0.771 bits per heavy atom. The van der Waals surface area contributed by atoms with E-state index in [0.717, 1.165) is 25.1 Å². The summed E-state index contributed by atoms with van der Waals surface area (Å²) in [6.45, 7) is 4.87. The van der Waals surface area contributed by atoms with Gasteiger partial charge in [-0.3, -0.25) is 9.59 Å². The van der Waals surface area contributed by atoms with E-state index in [-0.39, 0.29) is 32.8 Å². The average molecular weight is 498 g/mol. The molecule has 0 amide bonds. The van der Waals surface area contributed by atoms with Crippen molar-refractivity contribution in [1.29, 1.82) is 0 Å². The molecule has 0 spiro atoms. The highest BCUT2D eigenvalue weighted by molar-refractivity contribution is 6.32. The molecule has 35 heavy (non-hydrogen) atoms. The van der Waals surface area contributed by atoms with Gasteiger partial charge in [-0.15, -0.1) is 0 Å². The standard InChI is InChI=1S/C24H35NO10/c1-2-3-10-25-20-6-4-19(5-7-20)24(30)35-18-16-33-14-12-31-11-13-32-15-17-34-22(27)9-8-21(26)23(28)29/h4-7,25H,2-3,8-18H2,1H3,(H,28,29). The maximum atomic E-state index is 12.0. The first kappa shape index (κ1) is 30.0. The highest BCUT2D eigenvalue weighted by Gasteiger charge is 2.14. The quantitative estimate of drug-likeness (QED) is 0.146. The number of Topliss-reactive ketones (excluding diaryl/α,β-unsaturated/α-hetero) is 1. The van der Waals surface area contributed by atoms with Crippen molar-refractivity contribution in [1.82, 2.24) is 0 Å². The third kappa shape index (κ3) is 15.5. The minimum Gasteiger partial charge on any atom is -0.476 e. The number of benzene rings is 1. The number of carbonyl (C=O) groups is 4. The average Bonchev–Trinajstić information content (AvgIpc) is 2.85. The van der Waals surface area contributed by atoms with Crippen LogP contribution in [0.2, 0.25) is 0 Å². The molecule has 0 fully saturated rings. The number of ketones is 1. The van der Waals surface area contributed by atoms with Crippen molar-refractivity contribution in [2.24, 2.45) is 0 Å². The van der Waals surface area contributed by atoms with Crippen LogP contribution in [0, 0.1) is 0 Å². The predicted molar refractivity (Wildman–Crippen MR) is 125 cm³/mol. The summed E-state index contributed by atoms with van der Waals surface area (Å²) in [7, 11) is 0. The number of hydrogen-bond donors (Lipinski definition) is 2. The van der Waals surface area contributed by atoms with Gasteiger partial charge in [-0.2, -0.15) is 0 Å². The molecule has 196 valence electrons. The Morgan fingerprint density at radius 2 is 1.31 bits per heavy atom. The molecule has 0 aliphatic heterocycles. The second kappa shape index (κ2) is 19.3. The van der Waals surface area contributed by atoms with Gasteiger partial charge in [0.15, 0.2) is 0 Å². The molecule has 0 saturated carbocycles. The van der Waals surface area contributed by atoms with Crippen LogP contribution in [0.3, 0.4) is 0 Å². The molecule has 11 heteroatoms. The third-order valence-corrected chi connectivity index (χ3v) is 4.47. The maximum absolute atomic E-state index is 12.0. The summed E-state index contributed by atoms with van der Waals surface area (Å²) in [5.41, 5.74) is 1.45. The molecule has 0 aromatic heterocycles. The van der Waals surface area contributed by atoms with Gasteiger partial charge < -0.3 is 34.1 Å². The number of carboxylic acid groups (broad SMARTS) is 1. The van der Waals surface area contributed by atoms with Crippen molar-refractivity contribution in [2.45, 2.75) is 32.6 Å². The fourth-order valence-corrected chi connectivity index (χ4v) is 2.56. The van der Waals surface area contributed by atoms with E-state index in [0.29, 0.717) is 32.0 Å². The van der Waals surface area contributed by atoms with Crippen molar-refractivity contribution < 1.29 is 48.0 Å². The van der Waals surface area contributed by atoms with E-state index in [1.807, 2.05) is 12.1 Å². The van der Waals surface area contributed by atoms with E-state index in [1.54, 1.807) is 12.1 Å². The smallest absolute Gasteiger partial charge is 0.372 e. The molecule has 0 atom stereocenters. The van der Waals surface area contributed by atoms with Gasteiger partial charge in [-0.25, -0.2) is 9.59 Å². The number of hydrogen-bond acceptors (Lipinski definition) is 10. The van der Waals surface area contributed by atoms with Crippen molar-refractivity contribution in [3.05, 3.63) is 29.8 Å². The lowest BCUT2D eigenvalue weighted by Gasteiger charge is -2.09. The van der Waals surface area contributed by atoms with Crippen LogP contribution >= 0.6 is 0 Å². The molecule has 1 aromatic carbocycles. The molecule has 0 aliphatic carbocycles. The molecule has 0 radical (unpaired) electrons. The summed E-state index contributed by atoms with van der Waals surface area (Å²) in [5, 5.41) is 11.7. The Bertz CT molecular complexity index is 766. The van der Waals surface area contributed by atoms with Crippen molar-refractivity contribution in [3.8, 4) is 0 Å². The van der Waals surface area contributed by atoms with E-state index in [1.165, 1.54) is 0 Å². The topological polar surface area (TPSA) is 147 Å². The second-order valence-electron chi connectivity index (χ2n) is 7.28. The van der Waals surface area contributed by atoms with Crippen LogP contribution in [0.1, 0.15) is 43.0 Å². The number of unbranched alkanes of at least 4 members (excludes halogenated alkanes) is 1. The number of nitrogens with one attached hydrogen (secondary N) is 1. The van der Waals surface area contributed by atoms with Gasteiger partial charge in [0, 0.05) is 18.7 Å². The fourth-order valence-electron chi connectivity index (χ4n) is 2.56. The zero-order chi connectivity index (χ0) is 25.7. The Kier molecular flexibility index (Phi) is 16.6. The first-order valence-corrected chi connectivity index (χ1v) is 11.6. The summed E-state index contributed by atoms with van der Waals surface area (Å²) in [6.07, 6.45) is 1.54. The molecular weight excluding hydrogens is 462 g/mol. The summed E-state index contributed by atoms with van der Waals surface area (Å²) in [4.78, 5) is 44.5. The number of carbonyl (C=O) groups excluding carboxylic acids is 3. The van der Waals surface area contributed by atoms with Gasteiger partial charge in [0.2, 0.25) is 5.78 Å². The molecule has 0 saturated heterocycles. The summed E-state index contributed by atoms with van der Waals surface area (Å²) in [5.74, 6) is -3.66. The van der Waals surface area contributed by atoms with Crippen LogP contribution in [0.4, 0.5) is 5.69 Å². The van der Waals surface area contributed by atoms with Crippen molar-refractivity contribution in [3.63, 3.8) is 0 Å². The highest BCUT2D eigenvalue weighted by atomic mass is 16.6. The summed E-state index contributed by atoms with van der Waals surface area (Å²) >= 11 is 0. The number of carboxylic acids is 1. The van der Waals surface area contributed by atoms with Gasteiger partial charge in [0.05, 0.1) is 51.6 Å². The van der Waals surface area contributed by atoms with Gasteiger partial charge in [-0.1, -0.05) is 13.3 Å². The van der Waals surface area contributed by atoms with Gasteiger partial charge in [0.1, 0.15) is 13.2 Å². The number of rotatable bonds is 21. The first-order valence-electron chi connectivity index (χ1n) is 11.6. The normalized spacial score (nSPS) is 10.5. The summed E-state index contributed by atoms with van der Waals surface area (Å²) in [6, 6.07) is 7.15. The molecule has 0 bridgehead atoms. The maximum Gasteiger partial charge on any atom is 0.372 e. The lowest BCUT2D eigenvalue weighted by atomic mass is 10.2. The molecule has 2 N–H and O–H groups in total. The summed E-state index contributed by atoms with van der Waals surface area (Å²) < 4.78 is 25.9. The fraction of sp³-hybridized carbons (Fsp3) is 0.583. The van der Waals surface area contributed by atoms with E-state index in [4.69, 9.17) is 28.8 Å². The first-order chi connectivity index (χ1) is 16.9. The van der Waals surface area contributed by atoms with E-state index >= 15 is 0 Å². The third-order valence-electron chi connectivity index (χ3n) is 4.47. The van der Waals surface area contributed by atoms with Crippen LogP contribution in [0.5, 0.6) is 0 Å². The molecular formula is C24H35NO10. The largest absolute Gasteiger partial charge is 0.476 e. The van der Waals surface area contributed by atoms with Crippen molar-refractivity contribution >= 4 is 29.4 Å². The highest BCUT2D eigenvalue weighted by Crippen LogP contribution is 2.10. The van der Waals surface area contributed by atoms with Crippen LogP contribution in [-0.4, -0.2) is 88.2 Å². The zero-order valence-corrected chi connectivity index (χ0v) is 20.1. The number of esters is 2. The lowest BCUT2D eigenvalue weighted by Crippen LogP contribution is -2.17.